The van der Waals surface area contributed by atoms with Crippen LogP contribution >= 0.6 is 0 Å². The van der Waals surface area contributed by atoms with E-state index in [1.165, 1.54) is 18.3 Å². The van der Waals surface area contributed by atoms with E-state index < -0.39 is 23.6 Å². The molecule has 1 fully saturated rings. The number of carbonyl (C=O) groups is 1. The van der Waals surface area contributed by atoms with Crippen molar-refractivity contribution in [2.75, 3.05) is 5.32 Å². The number of hydrogen-bond donors (Lipinski definition) is 2. The van der Waals surface area contributed by atoms with Gasteiger partial charge >= 0.3 is 6.18 Å². The van der Waals surface area contributed by atoms with Crippen LogP contribution in [0.4, 0.5) is 28.9 Å². The van der Waals surface area contributed by atoms with Crippen molar-refractivity contribution in [3.63, 3.8) is 0 Å². The number of amides is 1. The molecular formula is C18H16F4N4O2. The Bertz CT molecular complexity index is 959. The lowest BCUT2D eigenvalue weighted by atomic mass is 10.2. The van der Waals surface area contributed by atoms with Gasteiger partial charge in [0.05, 0.1) is 11.9 Å². The highest BCUT2D eigenvalue weighted by Gasteiger charge is 2.34. The van der Waals surface area contributed by atoms with Crippen LogP contribution < -0.4 is 11.1 Å². The Labute approximate surface area is 157 Å². The summed E-state index contributed by atoms with van der Waals surface area (Å²) < 4.78 is 57.1. The van der Waals surface area contributed by atoms with E-state index in [9.17, 15) is 22.4 Å². The number of benzene rings is 1. The van der Waals surface area contributed by atoms with Gasteiger partial charge in [-0.1, -0.05) is 5.16 Å². The first-order valence-electron chi connectivity index (χ1n) is 8.30. The van der Waals surface area contributed by atoms with Crippen LogP contribution in [0.2, 0.25) is 0 Å². The molecule has 1 saturated carbocycles. The first-order chi connectivity index (χ1) is 13.1. The number of nitrogens with zero attached hydrogens (tertiary/aromatic N) is 2. The average Bonchev–Trinajstić information content (AvgIpc) is 3.36. The van der Waals surface area contributed by atoms with E-state index in [0.717, 1.165) is 12.1 Å². The Morgan fingerprint density at radius 1 is 1.39 bits per heavy atom. The van der Waals surface area contributed by atoms with Gasteiger partial charge in [0, 0.05) is 17.3 Å². The van der Waals surface area contributed by atoms with Crippen LogP contribution in [-0.4, -0.2) is 23.0 Å². The van der Waals surface area contributed by atoms with E-state index in [0.29, 0.717) is 18.6 Å². The van der Waals surface area contributed by atoms with Gasteiger partial charge in [0.1, 0.15) is 17.0 Å². The molecule has 2 aromatic rings. The second-order valence-corrected chi connectivity index (χ2v) is 6.32. The predicted molar refractivity (Wildman–Crippen MR) is 93.7 cm³/mol. The molecule has 1 amide bonds. The third kappa shape index (κ3) is 4.56. The molecule has 0 atom stereocenters. The van der Waals surface area contributed by atoms with Crippen LogP contribution in [-0.2, 0) is 0 Å². The van der Waals surface area contributed by atoms with Gasteiger partial charge in [-0.05, 0) is 44.0 Å². The standard InChI is InChI=1S/C18H16F4N4O2/c1-9-12(8-24-28-9)17(27)25-11-4-5-14(13(19)6-11)26-15(10-2-3-10)7-16(23)18(20,21)22/h4-8,10H,2-3,23H2,1H3,(H,25,27). The molecule has 28 heavy (non-hydrogen) atoms. The highest BCUT2D eigenvalue weighted by molar-refractivity contribution is 6.05. The summed E-state index contributed by atoms with van der Waals surface area (Å²) in [6, 6.07) is 3.69. The summed E-state index contributed by atoms with van der Waals surface area (Å²) in [7, 11) is 0. The van der Waals surface area contributed by atoms with Crippen LogP contribution in [0.25, 0.3) is 0 Å². The minimum atomic E-state index is -4.68. The maximum absolute atomic E-state index is 14.4. The quantitative estimate of drug-likeness (QED) is 0.583. The molecular weight excluding hydrogens is 380 g/mol. The minimum absolute atomic E-state index is 0.0746. The number of hydrogen-bond acceptors (Lipinski definition) is 5. The molecule has 1 aromatic heterocycles. The number of aryl methyl sites for hydroxylation is 1. The molecule has 1 aromatic carbocycles. The Morgan fingerprint density at radius 2 is 2.11 bits per heavy atom. The summed E-state index contributed by atoms with van der Waals surface area (Å²) in [5.74, 6) is -1.20. The first kappa shape index (κ1) is 19.6. The molecule has 0 radical (unpaired) electrons. The van der Waals surface area contributed by atoms with Crippen molar-refractivity contribution in [3.05, 3.63) is 53.3 Å². The third-order valence-electron chi connectivity index (χ3n) is 4.08. The number of anilines is 1. The fourth-order valence-corrected chi connectivity index (χ4v) is 2.39. The molecule has 10 heteroatoms. The van der Waals surface area contributed by atoms with Crippen molar-refractivity contribution in [3.8, 4) is 0 Å². The van der Waals surface area contributed by atoms with Crippen LogP contribution in [0.3, 0.4) is 0 Å². The summed E-state index contributed by atoms with van der Waals surface area (Å²) in [5, 5.41) is 5.97. The molecule has 0 bridgehead atoms. The van der Waals surface area contributed by atoms with Crippen molar-refractivity contribution >= 4 is 23.0 Å². The van der Waals surface area contributed by atoms with Gasteiger partial charge < -0.3 is 15.6 Å². The van der Waals surface area contributed by atoms with Crippen LogP contribution in [0.15, 0.2) is 45.7 Å². The first-order valence-corrected chi connectivity index (χ1v) is 8.30. The van der Waals surface area contributed by atoms with Crippen LogP contribution in [0, 0.1) is 18.7 Å². The average molecular weight is 396 g/mol. The zero-order valence-electron chi connectivity index (χ0n) is 14.7. The topological polar surface area (TPSA) is 93.5 Å². The van der Waals surface area contributed by atoms with E-state index in [1.54, 1.807) is 6.92 Å². The SMILES string of the molecule is Cc1oncc1C(=O)Nc1ccc(N=C(C=C(N)C(F)(F)F)C2CC2)c(F)c1. The van der Waals surface area contributed by atoms with Gasteiger partial charge in [0.15, 0.2) is 5.82 Å². The number of allylic oxidation sites excluding steroid dienone is 2. The number of carbonyl (C=O) groups excluding carboxylic acids is 1. The van der Waals surface area contributed by atoms with Crippen LogP contribution in [0.1, 0.15) is 29.0 Å². The van der Waals surface area contributed by atoms with Crippen LogP contribution in [0.5, 0.6) is 0 Å². The van der Waals surface area contributed by atoms with Gasteiger partial charge in [0.2, 0.25) is 0 Å². The Morgan fingerprint density at radius 3 is 2.64 bits per heavy atom. The lowest BCUT2D eigenvalue weighted by Gasteiger charge is -2.09. The second-order valence-electron chi connectivity index (χ2n) is 6.32. The van der Waals surface area contributed by atoms with E-state index >= 15 is 0 Å². The van der Waals surface area contributed by atoms with Gasteiger partial charge in [-0.15, -0.1) is 0 Å². The molecule has 0 saturated heterocycles. The number of aromatic nitrogens is 1. The largest absolute Gasteiger partial charge is 0.430 e. The fourth-order valence-electron chi connectivity index (χ4n) is 2.39. The Kier molecular flexibility index (Phi) is 5.21. The number of nitrogens with one attached hydrogen (secondary N) is 1. The summed E-state index contributed by atoms with van der Waals surface area (Å²) in [4.78, 5) is 16.1. The lowest BCUT2D eigenvalue weighted by molar-refractivity contribution is -0.0925. The monoisotopic (exact) mass is 396 g/mol. The summed E-state index contributed by atoms with van der Waals surface area (Å²) >= 11 is 0. The lowest BCUT2D eigenvalue weighted by Crippen LogP contribution is -2.21. The second kappa shape index (κ2) is 7.45. The zero-order chi connectivity index (χ0) is 20.5. The van der Waals surface area contributed by atoms with E-state index in [2.05, 4.69) is 15.5 Å². The zero-order valence-corrected chi connectivity index (χ0v) is 14.7. The maximum atomic E-state index is 14.4. The number of halogens is 4. The molecule has 0 spiro atoms. The summed E-state index contributed by atoms with van der Waals surface area (Å²) in [6.07, 6.45) is -1.38. The molecule has 6 nitrogen and oxygen atoms in total. The molecule has 3 N–H and O–H groups in total. The smallest absolute Gasteiger partial charge is 0.395 e. The summed E-state index contributed by atoms with van der Waals surface area (Å²) in [5.41, 5.74) is 4.04. The van der Waals surface area contributed by atoms with Crippen molar-refractivity contribution in [1.29, 1.82) is 0 Å². The highest BCUT2D eigenvalue weighted by Crippen LogP contribution is 2.35. The Hall–Kier alpha value is -3.17. The number of rotatable bonds is 5. The minimum Gasteiger partial charge on any atom is -0.395 e. The van der Waals surface area contributed by atoms with Gasteiger partial charge in [-0.25, -0.2) is 4.39 Å². The molecule has 1 aliphatic carbocycles. The fraction of sp³-hybridized carbons (Fsp3) is 0.278. The maximum Gasteiger partial charge on any atom is 0.430 e. The number of alkyl halides is 3. The molecule has 1 aliphatic rings. The molecule has 0 aliphatic heterocycles. The molecule has 1 heterocycles. The number of nitrogens with two attached hydrogens (primary N) is 1. The van der Waals surface area contributed by atoms with E-state index in [4.69, 9.17) is 10.3 Å². The molecule has 148 valence electrons. The summed E-state index contributed by atoms with van der Waals surface area (Å²) in [6.45, 7) is 1.56. The molecule has 3 rings (SSSR count). The highest BCUT2D eigenvalue weighted by atomic mass is 19.4. The van der Waals surface area contributed by atoms with E-state index in [1.807, 2.05) is 0 Å². The normalized spacial score (nSPS) is 15.6. The van der Waals surface area contributed by atoms with Crippen molar-refractivity contribution in [2.24, 2.45) is 16.6 Å². The molecule has 0 unspecified atom stereocenters. The van der Waals surface area contributed by atoms with E-state index in [-0.39, 0.29) is 28.6 Å². The third-order valence-corrected chi connectivity index (χ3v) is 4.08. The van der Waals surface area contributed by atoms with Crippen molar-refractivity contribution in [2.45, 2.75) is 25.9 Å². The van der Waals surface area contributed by atoms with Crippen molar-refractivity contribution < 1.29 is 26.9 Å². The number of aliphatic imine (C=N–C) groups is 1. The predicted octanol–water partition coefficient (Wildman–Crippen LogP) is 4.26. The van der Waals surface area contributed by atoms with Gasteiger partial charge in [0.25, 0.3) is 5.91 Å². The van der Waals surface area contributed by atoms with Gasteiger partial charge in [-0.2, -0.15) is 13.2 Å². The van der Waals surface area contributed by atoms with Gasteiger partial charge in [-0.3, -0.25) is 9.79 Å². The van der Waals surface area contributed by atoms with Crippen molar-refractivity contribution in [1.82, 2.24) is 5.16 Å². The Balaban J connectivity index is 1.82.